The van der Waals surface area contributed by atoms with Gasteiger partial charge in [-0.3, -0.25) is 4.79 Å². The lowest BCUT2D eigenvalue weighted by atomic mass is 9.72. The molecule has 0 aliphatic carbocycles. The van der Waals surface area contributed by atoms with Gasteiger partial charge in [-0.2, -0.15) is 0 Å². The molecule has 1 rings (SSSR count). The number of aliphatic hydroxyl groups excluding tert-OH is 1. The number of carboxylic acid groups (broad SMARTS) is 2. The van der Waals surface area contributed by atoms with E-state index in [1.165, 1.54) is 4.90 Å². The fourth-order valence-electron chi connectivity index (χ4n) is 2.89. The van der Waals surface area contributed by atoms with Crippen molar-refractivity contribution in [2.45, 2.75) is 70.9 Å². The molecule has 8 heteroatoms. The van der Waals surface area contributed by atoms with Crippen molar-refractivity contribution in [2.75, 3.05) is 13.1 Å². The maximum absolute atomic E-state index is 11.9. The van der Waals surface area contributed by atoms with Crippen molar-refractivity contribution < 1.29 is 29.3 Å². The third kappa shape index (κ3) is 4.10. The molecule has 0 spiro atoms. The summed E-state index contributed by atoms with van der Waals surface area (Å²) in [5.41, 5.74) is -1.37. The molecule has 0 saturated carbocycles. The molecule has 140 valence electrons. The van der Waals surface area contributed by atoms with Crippen LogP contribution in [0.2, 0.25) is 18.1 Å². The van der Waals surface area contributed by atoms with Crippen LogP contribution in [0.15, 0.2) is 0 Å². The molecule has 1 saturated heterocycles. The Morgan fingerprint density at radius 3 is 1.96 bits per heavy atom. The molecule has 24 heavy (non-hydrogen) atoms. The van der Waals surface area contributed by atoms with Crippen LogP contribution in [0.1, 0.15) is 40.5 Å². The molecule has 7 nitrogen and oxygen atoms in total. The van der Waals surface area contributed by atoms with E-state index >= 15 is 0 Å². The van der Waals surface area contributed by atoms with Crippen LogP contribution in [-0.2, 0) is 9.22 Å². The highest BCUT2D eigenvalue weighted by molar-refractivity contribution is 6.74. The molecule has 1 amide bonds. The summed E-state index contributed by atoms with van der Waals surface area (Å²) in [6, 6.07) is 0. The van der Waals surface area contributed by atoms with Gasteiger partial charge in [0.1, 0.15) is 0 Å². The van der Waals surface area contributed by atoms with Crippen LogP contribution >= 0.6 is 0 Å². The summed E-state index contributed by atoms with van der Waals surface area (Å²) in [6.07, 6.45) is -2.70. The molecule has 1 unspecified atom stereocenters. The Morgan fingerprint density at radius 1 is 1.17 bits per heavy atom. The van der Waals surface area contributed by atoms with E-state index in [2.05, 4.69) is 33.9 Å². The van der Waals surface area contributed by atoms with Crippen LogP contribution in [0.25, 0.3) is 0 Å². The molecular weight excluding hydrogens is 330 g/mol. The third-order valence-corrected chi connectivity index (χ3v) is 10.2. The second kappa shape index (κ2) is 7.01. The Kier molecular flexibility index (Phi) is 6.11. The summed E-state index contributed by atoms with van der Waals surface area (Å²) in [6.45, 7) is 12.3. The fourth-order valence-corrected chi connectivity index (χ4v) is 4.30. The molecule has 0 bridgehead atoms. The number of amides is 1. The van der Waals surface area contributed by atoms with Crippen molar-refractivity contribution in [3.05, 3.63) is 0 Å². The first-order valence-electron chi connectivity index (χ1n) is 8.32. The highest BCUT2D eigenvalue weighted by atomic mass is 28.4. The monoisotopic (exact) mass is 361 g/mol. The van der Waals surface area contributed by atoms with E-state index < -0.39 is 38.0 Å². The van der Waals surface area contributed by atoms with Gasteiger partial charge in [-0.15, -0.1) is 0 Å². The molecule has 0 radical (unpaired) electrons. The van der Waals surface area contributed by atoms with E-state index in [9.17, 15) is 19.8 Å². The summed E-state index contributed by atoms with van der Waals surface area (Å²) >= 11 is 0. The summed E-state index contributed by atoms with van der Waals surface area (Å²) in [5, 5.41) is 29.5. The smallest absolute Gasteiger partial charge is 0.407 e. The first kappa shape index (κ1) is 20.9. The number of rotatable bonds is 5. The van der Waals surface area contributed by atoms with E-state index in [0.29, 0.717) is 0 Å². The number of aliphatic hydroxyl groups is 1. The Hall–Kier alpha value is -1.12. The molecule has 1 fully saturated rings. The van der Waals surface area contributed by atoms with Crippen LogP contribution in [0, 0.1) is 5.41 Å². The Labute approximate surface area is 144 Å². The average Bonchev–Trinajstić information content (AvgIpc) is 2.44. The molecule has 0 aromatic carbocycles. The fraction of sp³-hybridized carbons (Fsp3) is 0.875. The average molecular weight is 362 g/mol. The van der Waals surface area contributed by atoms with Crippen molar-refractivity contribution >= 4 is 20.4 Å². The molecule has 1 aliphatic heterocycles. The maximum atomic E-state index is 11.9. The second-order valence-electron chi connectivity index (χ2n) is 8.26. The molecule has 1 heterocycles. The zero-order chi connectivity index (χ0) is 18.9. The van der Waals surface area contributed by atoms with Gasteiger partial charge >= 0.3 is 12.1 Å². The van der Waals surface area contributed by atoms with Gasteiger partial charge in [-0.05, 0) is 37.9 Å². The van der Waals surface area contributed by atoms with Gasteiger partial charge in [0.15, 0.2) is 8.32 Å². The van der Waals surface area contributed by atoms with Gasteiger partial charge in [0.05, 0.1) is 17.6 Å². The van der Waals surface area contributed by atoms with Crippen molar-refractivity contribution in [1.82, 2.24) is 4.90 Å². The van der Waals surface area contributed by atoms with Crippen molar-refractivity contribution in [3.63, 3.8) is 0 Å². The topological polar surface area (TPSA) is 107 Å². The molecule has 2 atom stereocenters. The summed E-state index contributed by atoms with van der Waals surface area (Å²) in [7, 11) is -2.15. The Balaban J connectivity index is 2.94. The Morgan fingerprint density at radius 2 is 1.62 bits per heavy atom. The number of hydrogen-bond donors (Lipinski definition) is 3. The predicted octanol–water partition coefficient (Wildman–Crippen LogP) is 2.60. The molecule has 3 N–H and O–H groups in total. The number of piperidine rings is 1. The molecule has 0 aromatic heterocycles. The predicted molar refractivity (Wildman–Crippen MR) is 92.7 cm³/mol. The summed E-state index contributed by atoms with van der Waals surface area (Å²) < 4.78 is 6.16. The lowest BCUT2D eigenvalue weighted by Gasteiger charge is -2.45. The van der Waals surface area contributed by atoms with Crippen molar-refractivity contribution in [3.8, 4) is 0 Å². The van der Waals surface area contributed by atoms with E-state index in [1.807, 2.05) is 0 Å². The minimum Gasteiger partial charge on any atom is -0.481 e. The molecule has 1 aliphatic rings. The van der Waals surface area contributed by atoms with Gasteiger partial charge < -0.3 is 24.6 Å². The van der Waals surface area contributed by atoms with Gasteiger partial charge in [0, 0.05) is 13.1 Å². The minimum atomic E-state index is -2.15. The van der Waals surface area contributed by atoms with Gasteiger partial charge in [0.2, 0.25) is 0 Å². The van der Waals surface area contributed by atoms with Gasteiger partial charge in [-0.25, -0.2) is 4.79 Å². The van der Waals surface area contributed by atoms with Crippen LogP contribution in [0.3, 0.4) is 0 Å². The number of carbonyl (C=O) groups is 2. The highest BCUT2D eigenvalue weighted by Gasteiger charge is 2.51. The quantitative estimate of drug-likeness (QED) is 0.650. The molecular formula is C16H31NO6Si. The zero-order valence-electron chi connectivity index (χ0n) is 15.5. The number of nitrogens with zero attached hydrogens (tertiary/aromatic N) is 1. The van der Waals surface area contributed by atoms with Crippen LogP contribution in [0.5, 0.6) is 0 Å². The Bertz CT molecular complexity index is 479. The first-order valence-corrected chi connectivity index (χ1v) is 11.2. The lowest BCUT2D eigenvalue weighted by Crippen LogP contribution is -2.57. The lowest BCUT2D eigenvalue weighted by molar-refractivity contribution is -0.167. The third-order valence-electron chi connectivity index (χ3n) is 5.65. The number of aliphatic carboxylic acids is 1. The van der Waals surface area contributed by atoms with Gasteiger partial charge in [-0.1, -0.05) is 20.8 Å². The SMILES string of the molecule is C[C@H](O[Si](C)(C)C(C)(C)C)C(O)C1(C(=O)O)CCN(C(=O)O)CC1. The number of likely N-dealkylation sites (tertiary alicyclic amines) is 1. The van der Waals surface area contributed by atoms with Crippen molar-refractivity contribution in [2.24, 2.45) is 5.41 Å². The van der Waals surface area contributed by atoms with Crippen LogP contribution in [-0.4, -0.2) is 65.9 Å². The molecule has 0 aromatic rings. The van der Waals surface area contributed by atoms with E-state index in [-0.39, 0.29) is 31.0 Å². The summed E-state index contributed by atoms with van der Waals surface area (Å²) in [4.78, 5) is 24.1. The highest BCUT2D eigenvalue weighted by Crippen LogP contribution is 2.41. The van der Waals surface area contributed by atoms with E-state index in [1.54, 1.807) is 6.92 Å². The van der Waals surface area contributed by atoms with Gasteiger partial charge in [0.25, 0.3) is 0 Å². The number of carboxylic acids is 1. The number of hydrogen-bond acceptors (Lipinski definition) is 4. The maximum Gasteiger partial charge on any atom is 0.407 e. The van der Waals surface area contributed by atoms with E-state index in [0.717, 1.165) is 0 Å². The second-order valence-corrected chi connectivity index (χ2v) is 13.0. The first-order chi connectivity index (χ1) is 10.7. The zero-order valence-corrected chi connectivity index (χ0v) is 16.5. The standard InChI is InChI=1S/C16H31NO6Si/c1-11(23-24(5,6)15(2,3)4)12(18)16(13(19)20)7-9-17(10-8-16)14(21)22/h11-12,18H,7-10H2,1-6H3,(H,19,20)(H,21,22)/t11-,12?/m0/s1. The summed E-state index contributed by atoms with van der Waals surface area (Å²) in [5.74, 6) is -1.09. The van der Waals surface area contributed by atoms with Crippen LogP contribution in [0.4, 0.5) is 4.79 Å². The van der Waals surface area contributed by atoms with Crippen molar-refractivity contribution in [1.29, 1.82) is 0 Å². The minimum absolute atomic E-state index is 0.0515. The largest absolute Gasteiger partial charge is 0.481 e. The van der Waals surface area contributed by atoms with E-state index in [4.69, 9.17) is 9.53 Å². The normalized spacial score (nSPS) is 21.2. The van der Waals surface area contributed by atoms with Crippen LogP contribution < -0.4 is 0 Å².